The highest BCUT2D eigenvalue weighted by Gasteiger charge is 2.24. The predicted octanol–water partition coefficient (Wildman–Crippen LogP) is 4.26. The molecule has 0 saturated heterocycles. The number of aryl methyl sites for hydroxylation is 1. The highest BCUT2D eigenvalue weighted by atomic mass is 35.5. The molecule has 0 radical (unpaired) electrons. The third-order valence-electron chi connectivity index (χ3n) is 4.09. The van der Waals surface area contributed by atoms with E-state index in [-0.39, 0.29) is 5.92 Å². The first kappa shape index (κ1) is 13.4. The van der Waals surface area contributed by atoms with Gasteiger partial charge in [-0.15, -0.1) is 0 Å². The van der Waals surface area contributed by atoms with E-state index in [0.717, 1.165) is 24.8 Å². The Kier molecular flexibility index (Phi) is 3.88. The molecule has 1 aliphatic carbocycles. The standard InChI is InChI=1S/C18H17ClO/c19-17-9-5-13(6-10-17)11-18(20)16-8-7-14-3-1-2-4-15(14)12-16/h1-6,9-10,16H,7-8,11-12H2. The Balaban J connectivity index is 1.68. The second-order valence-electron chi connectivity index (χ2n) is 5.48. The maximum Gasteiger partial charge on any atom is 0.140 e. The molecule has 102 valence electrons. The number of carbonyl (C=O) groups excluding carboxylic acids is 1. The number of fused-ring (bicyclic) bond motifs is 1. The van der Waals surface area contributed by atoms with Gasteiger partial charge in [-0.2, -0.15) is 0 Å². The lowest BCUT2D eigenvalue weighted by Crippen LogP contribution is -2.24. The Bertz CT molecular complexity index is 616. The molecule has 3 rings (SSSR count). The molecule has 0 aromatic heterocycles. The molecule has 0 fully saturated rings. The molecular formula is C18H17ClO. The van der Waals surface area contributed by atoms with Crippen molar-refractivity contribution in [1.29, 1.82) is 0 Å². The van der Waals surface area contributed by atoms with Gasteiger partial charge in [0.15, 0.2) is 0 Å². The monoisotopic (exact) mass is 284 g/mol. The summed E-state index contributed by atoms with van der Waals surface area (Å²) in [5.41, 5.74) is 3.80. The van der Waals surface area contributed by atoms with Crippen molar-refractivity contribution in [3.05, 3.63) is 70.2 Å². The van der Waals surface area contributed by atoms with Crippen LogP contribution in [-0.2, 0) is 24.1 Å². The van der Waals surface area contributed by atoms with Gasteiger partial charge in [0.05, 0.1) is 0 Å². The minimum atomic E-state index is 0.167. The Morgan fingerprint density at radius 3 is 2.50 bits per heavy atom. The molecule has 2 aromatic rings. The lowest BCUT2D eigenvalue weighted by molar-refractivity contribution is -0.122. The quantitative estimate of drug-likeness (QED) is 0.823. The van der Waals surface area contributed by atoms with Gasteiger partial charge in [0.25, 0.3) is 0 Å². The van der Waals surface area contributed by atoms with Crippen molar-refractivity contribution in [2.45, 2.75) is 25.7 Å². The van der Waals surface area contributed by atoms with Crippen LogP contribution in [0.25, 0.3) is 0 Å². The van der Waals surface area contributed by atoms with Gasteiger partial charge in [0, 0.05) is 17.4 Å². The molecule has 20 heavy (non-hydrogen) atoms. The average molecular weight is 285 g/mol. The van der Waals surface area contributed by atoms with Crippen molar-refractivity contribution in [1.82, 2.24) is 0 Å². The molecule has 2 aromatic carbocycles. The van der Waals surface area contributed by atoms with E-state index in [4.69, 9.17) is 11.6 Å². The van der Waals surface area contributed by atoms with Crippen LogP contribution in [0, 0.1) is 5.92 Å². The molecule has 0 saturated carbocycles. The summed E-state index contributed by atoms with van der Waals surface area (Å²) in [6, 6.07) is 16.0. The molecule has 0 aliphatic heterocycles. The lowest BCUT2D eigenvalue weighted by Gasteiger charge is -2.23. The number of rotatable bonds is 3. The van der Waals surface area contributed by atoms with Gasteiger partial charge in [0.2, 0.25) is 0 Å². The van der Waals surface area contributed by atoms with E-state index in [0.29, 0.717) is 17.2 Å². The average Bonchev–Trinajstić information content (AvgIpc) is 2.49. The number of benzene rings is 2. The molecule has 0 spiro atoms. The Labute approximate surface area is 124 Å². The van der Waals surface area contributed by atoms with E-state index in [1.54, 1.807) is 0 Å². The number of halogens is 1. The molecule has 0 heterocycles. The molecular weight excluding hydrogens is 268 g/mol. The second-order valence-corrected chi connectivity index (χ2v) is 5.91. The van der Waals surface area contributed by atoms with Gasteiger partial charge in [0.1, 0.15) is 5.78 Å². The van der Waals surface area contributed by atoms with Gasteiger partial charge in [-0.3, -0.25) is 4.79 Å². The number of hydrogen-bond acceptors (Lipinski definition) is 1. The first-order valence-corrected chi connectivity index (χ1v) is 7.44. The van der Waals surface area contributed by atoms with Crippen LogP contribution in [0.1, 0.15) is 23.1 Å². The topological polar surface area (TPSA) is 17.1 Å². The minimum absolute atomic E-state index is 0.167. The molecule has 0 N–H and O–H groups in total. The van der Waals surface area contributed by atoms with Gasteiger partial charge in [-0.1, -0.05) is 48.0 Å². The first-order chi connectivity index (χ1) is 9.72. The molecule has 1 nitrogen and oxygen atoms in total. The van der Waals surface area contributed by atoms with Crippen molar-refractivity contribution in [3.63, 3.8) is 0 Å². The highest BCUT2D eigenvalue weighted by molar-refractivity contribution is 6.30. The maximum atomic E-state index is 12.4. The van der Waals surface area contributed by atoms with Crippen LogP contribution in [0.4, 0.5) is 0 Å². The molecule has 0 amide bonds. The summed E-state index contributed by atoms with van der Waals surface area (Å²) in [5.74, 6) is 0.516. The van der Waals surface area contributed by atoms with Crippen LogP contribution in [0.2, 0.25) is 5.02 Å². The zero-order valence-corrected chi connectivity index (χ0v) is 12.1. The molecule has 0 bridgehead atoms. The van der Waals surface area contributed by atoms with Crippen molar-refractivity contribution >= 4 is 17.4 Å². The van der Waals surface area contributed by atoms with E-state index >= 15 is 0 Å². The van der Waals surface area contributed by atoms with Crippen LogP contribution in [-0.4, -0.2) is 5.78 Å². The minimum Gasteiger partial charge on any atom is -0.299 e. The summed E-state index contributed by atoms with van der Waals surface area (Å²) < 4.78 is 0. The maximum absolute atomic E-state index is 12.4. The van der Waals surface area contributed by atoms with Gasteiger partial charge < -0.3 is 0 Å². The predicted molar refractivity (Wildman–Crippen MR) is 82.1 cm³/mol. The van der Waals surface area contributed by atoms with E-state index in [2.05, 4.69) is 24.3 Å². The summed E-state index contributed by atoms with van der Waals surface area (Å²) >= 11 is 5.87. The van der Waals surface area contributed by atoms with Crippen molar-refractivity contribution in [2.75, 3.05) is 0 Å². The van der Waals surface area contributed by atoms with Gasteiger partial charge in [-0.25, -0.2) is 0 Å². The summed E-state index contributed by atoms with van der Waals surface area (Å²) in [5, 5.41) is 0.716. The smallest absolute Gasteiger partial charge is 0.140 e. The number of ketones is 1. The van der Waals surface area contributed by atoms with Crippen LogP contribution in [0.3, 0.4) is 0 Å². The lowest BCUT2D eigenvalue weighted by atomic mass is 9.80. The number of hydrogen-bond donors (Lipinski definition) is 0. The summed E-state index contributed by atoms with van der Waals surface area (Å²) in [6.45, 7) is 0. The van der Waals surface area contributed by atoms with Crippen molar-refractivity contribution < 1.29 is 4.79 Å². The van der Waals surface area contributed by atoms with E-state index in [1.165, 1.54) is 11.1 Å². The van der Waals surface area contributed by atoms with E-state index in [1.807, 2.05) is 24.3 Å². The van der Waals surface area contributed by atoms with Crippen LogP contribution in [0.15, 0.2) is 48.5 Å². The SMILES string of the molecule is O=C(Cc1ccc(Cl)cc1)C1CCc2ccccc2C1. The summed E-state index contributed by atoms with van der Waals surface area (Å²) in [4.78, 5) is 12.4. The fourth-order valence-electron chi connectivity index (χ4n) is 2.92. The number of carbonyl (C=O) groups is 1. The molecule has 1 atom stereocenters. The van der Waals surface area contributed by atoms with Crippen LogP contribution >= 0.6 is 11.6 Å². The fourth-order valence-corrected chi connectivity index (χ4v) is 3.05. The van der Waals surface area contributed by atoms with Crippen LogP contribution in [0.5, 0.6) is 0 Å². The zero-order chi connectivity index (χ0) is 13.9. The summed E-state index contributed by atoms with van der Waals surface area (Å²) in [6.07, 6.45) is 3.41. The van der Waals surface area contributed by atoms with Crippen molar-refractivity contribution in [2.24, 2.45) is 5.92 Å². The van der Waals surface area contributed by atoms with Crippen molar-refractivity contribution in [3.8, 4) is 0 Å². The number of Topliss-reactive ketones (excluding diaryl/α,β-unsaturated/α-hetero) is 1. The normalized spacial score (nSPS) is 17.6. The van der Waals surface area contributed by atoms with E-state index in [9.17, 15) is 4.79 Å². The molecule has 1 unspecified atom stereocenters. The zero-order valence-electron chi connectivity index (χ0n) is 11.3. The second kappa shape index (κ2) is 5.80. The third kappa shape index (κ3) is 2.94. The molecule has 1 aliphatic rings. The fraction of sp³-hybridized carbons (Fsp3) is 0.278. The Morgan fingerprint density at radius 2 is 1.75 bits per heavy atom. The van der Waals surface area contributed by atoms with E-state index < -0.39 is 0 Å². The Hall–Kier alpha value is -1.60. The highest BCUT2D eigenvalue weighted by Crippen LogP contribution is 2.26. The van der Waals surface area contributed by atoms with Crippen LogP contribution < -0.4 is 0 Å². The Morgan fingerprint density at radius 1 is 1.05 bits per heavy atom. The van der Waals surface area contributed by atoms with Gasteiger partial charge in [-0.05, 0) is 48.1 Å². The summed E-state index contributed by atoms with van der Waals surface area (Å²) in [7, 11) is 0. The molecule has 2 heteroatoms. The third-order valence-corrected chi connectivity index (χ3v) is 4.35. The van der Waals surface area contributed by atoms with Gasteiger partial charge >= 0.3 is 0 Å². The first-order valence-electron chi connectivity index (χ1n) is 7.06. The largest absolute Gasteiger partial charge is 0.299 e.